The third kappa shape index (κ3) is 4.67. The van der Waals surface area contributed by atoms with Gasteiger partial charge in [-0.05, 0) is 36.8 Å². The number of urea groups is 1. The molecule has 2 aromatic rings. The number of nitrogens with zero attached hydrogens (tertiary/aromatic N) is 4. The van der Waals surface area contributed by atoms with Crippen LogP contribution in [0.15, 0.2) is 52.3 Å². The van der Waals surface area contributed by atoms with Crippen molar-refractivity contribution < 1.29 is 23.6 Å². The summed E-state index contributed by atoms with van der Waals surface area (Å²) in [5, 5.41) is 3.65. The van der Waals surface area contributed by atoms with Crippen LogP contribution in [-0.4, -0.2) is 89.2 Å². The number of carbonyl (C=O) groups is 4. The summed E-state index contributed by atoms with van der Waals surface area (Å²) in [7, 11) is 0. The molecule has 0 bridgehead atoms. The highest BCUT2D eigenvalue weighted by Crippen LogP contribution is 2.39. The Balaban J connectivity index is 1.29. The number of piperazine rings is 1. The quantitative estimate of drug-likeness (QED) is 0.621. The van der Waals surface area contributed by atoms with Gasteiger partial charge in [-0.25, -0.2) is 4.79 Å². The molecule has 1 saturated heterocycles. The minimum atomic E-state index is -0.751. The molecule has 0 spiro atoms. The molecule has 0 unspecified atom stereocenters. The lowest BCUT2D eigenvalue weighted by molar-refractivity contribution is -0.138. The largest absolute Gasteiger partial charge is 0.459 e. The number of amides is 5. The topological polar surface area (TPSA) is 106 Å². The van der Waals surface area contributed by atoms with E-state index in [-0.39, 0.29) is 42.6 Å². The van der Waals surface area contributed by atoms with Gasteiger partial charge in [0.05, 0.1) is 30.1 Å². The molecule has 194 valence electrons. The SMILES string of the molecule is CCN1C(=O)N[C@@H](c2ccc(Cl)cc2Cl)C2=C1CN(CC(=O)N1CCN(C(=O)c3ccco3)CC1)C2=O. The van der Waals surface area contributed by atoms with Crippen LogP contribution >= 0.6 is 23.2 Å². The third-order valence-corrected chi connectivity index (χ3v) is 7.43. The Bertz CT molecular complexity index is 1290. The number of rotatable bonds is 5. The summed E-state index contributed by atoms with van der Waals surface area (Å²) in [6.45, 7) is 3.63. The van der Waals surface area contributed by atoms with E-state index in [4.69, 9.17) is 27.6 Å². The fourth-order valence-corrected chi connectivity index (χ4v) is 5.48. The van der Waals surface area contributed by atoms with Crippen molar-refractivity contribution in [2.45, 2.75) is 13.0 Å². The van der Waals surface area contributed by atoms with E-state index in [0.717, 1.165) is 0 Å². The molecule has 3 aliphatic rings. The number of benzene rings is 1. The van der Waals surface area contributed by atoms with Crippen molar-refractivity contribution in [1.82, 2.24) is 24.9 Å². The second-order valence-electron chi connectivity index (χ2n) is 8.96. The summed E-state index contributed by atoms with van der Waals surface area (Å²) >= 11 is 12.5. The summed E-state index contributed by atoms with van der Waals surface area (Å²) in [6.07, 6.45) is 1.45. The molecule has 1 atom stereocenters. The molecular formula is C25H25Cl2N5O5. The lowest BCUT2D eigenvalue weighted by atomic mass is 9.95. The first kappa shape index (κ1) is 25.2. The molecule has 37 heavy (non-hydrogen) atoms. The van der Waals surface area contributed by atoms with Crippen molar-refractivity contribution in [3.63, 3.8) is 0 Å². The molecule has 1 fully saturated rings. The number of likely N-dealkylation sites (N-methyl/N-ethyl adjacent to an activating group) is 1. The Morgan fingerprint density at radius 2 is 1.81 bits per heavy atom. The Morgan fingerprint density at radius 3 is 2.46 bits per heavy atom. The van der Waals surface area contributed by atoms with Gasteiger partial charge in [0.15, 0.2) is 5.76 Å². The summed E-state index contributed by atoms with van der Waals surface area (Å²) in [5.74, 6) is -0.503. The number of furan rings is 1. The van der Waals surface area contributed by atoms with E-state index in [0.29, 0.717) is 59.6 Å². The van der Waals surface area contributed by atoms with E-state index >= 15 is 0 Å². The normalized spacial score (nSPS) is 19.9. The van der Waals surface area contributed by atoms with Gasteiger partial charge in [0.25, 0.3) is 11.8 Å². The van der Waals surface area contributed by atoms with Crippen LogP contribution in [0.25, 0.3) is 0 Å². The molecule has 3 aliphatic heterocycles. The van der Waals surface area contributed by atoms with Gasteiger partial charge < -0.3 is 24.4 Å². The minimum Gasteiger partial charge on any atom is -0.459 e. The first-order valence-electron chi connectivity index (χ1n) is 11.9. The van der Waals surface area contributed by atoms with Gasteiger partial charge in [0, 0.05) is 42.8 Å². The first-order chi connectivity index (χ1) is 17.8. The standard InChI is InChI=1S/C25H25Cl2N5O5/c1-2-32-18-13-31(14-20(33)29-7-9-30(10-8-29)23(34)19-4-3-11-37-19)24(35)21(18)22(28-25(32)36)16-6-5-15(26)12-17(16)27/h3-6,11-12,22H,2,7-10,13-14H2,1H3,(H,28,36)/t22-/m0/s1. The second kappa shape index (κ2) is 10.1. The lowest BCUT2D eigenvalue weighted by Crippen LogP contribution is -2.52. The molecule has 5 amide bonds. The van der Waals surface area contributed by atoms with Crippen molar-refractivity contribution >= 4 is 47.0 Å². The fraction of sp³-hybridized carbons (Fsp3) is 0.360. The highest BCUT2D eigenvalue weighted by atomic mass is 35.5. The Hall–Kier alpha value is -3.50. The van der Waals surface area contributed by atoms with E-state index in [1.807, 2.05) is 6.92 Å². The highest BCUT2D eigenvalue weighted by molar-refractivity contribution is 6.35. The average molecular weight is 546 g/mol. The summed E-state index contributed by atoms with van der Waals surface area (Å²) in [4.78, 5) is 58.3. The van der Waals surface area contributed by atoms with Crippen LogP contribution in [0.1, 0.15) is 29.1 Å². The number of hydrogen-bond acceptors (Lipinski definition) is 5. The summed E-state index contributed by atoms with van der Waals surface area (Å²) < 4.78 is 5.18. The van der Waals surface area contributed by atoms with E-state index in [1.165, 1.54) is 16.1 Å². The molecule has 0 radical (unpaired) electrons. The minimum absolute atomic E-state index is 0.134. The Morgan fingerprint density at radius 1 is 1.08 bits per heavy atom. The van der Waals surface area contributed by atoms with Crippen LogP contribution < -0.4 is 5.32 Å². The molecule has 1 aromatic heterocycles. The zero-order valence-corrected chi connectivity index (χ0v) is 21.6. The van der Waals surface area contributed by atoms with Crippen LogP contribution in [0.2, 0.25) is 10.0 Å². The molecule has 1 N–H and O–H groups in total. The van der Waals surface area contributed by atoms with Crippen LogP contribution in [0.4, 0.5) is 4.79 Å². The lowest BCUT2D eigenvalue weighted by Gasteiger charge is -2.35. The summed E-state index contributed by atoms with van der Waals surface area (Å²) in [5.41, 5.74) is 1.52. The van der Waals surface area contributed by atoms with Gasteiger partial charge in [-0.15, -0.1) is 0 Å². The molecule has 12 heteroatoms. The van der Waals surface area contributed by atoms with E-state index in [2.05, 4.69) is 5.32 Å². The zero-order valence-electron chi connectivity index (χ0n) is 20.1. The predicted octanol–water partition coefficient (Wildman–Crippen LogP) is 2.75. The van der Waals surface area contributed by atoms with E-state index in [9.17, 15) is 19.2 Å². The maximum atomic E-state index is 13.5. The Labute approximate surface area is 223 Å². The third-order valence-electron chi connectivity index (χ3n) is 6.86. The highest BCUT2D eigenvalue weighted by Gasteiger charge is 2.45. The van der Waals surface area contributed by atoms with Crippen molar-refractivity contribution in [3.8, 4) is 0 Å². The number of hydrogen-bond donors (Lipinski definition) is 1. The molecule has 0 aliphatic carbocycles. The molecule has 5 rings (SSSR count). The molecule has 10 nitrogen and oxygen atoms in total. The van der Waals surface area contributed by atoms with Crippen LogP contribution in [0, 0.1) is 0 Å². The van der Waals surface area contributed by atoms with Crippen LogP contribution in [-0.2, 0) is 9.59 Å². The molecule has 0 saturated carbocycles. The van der Waals surface area contributed by atoms with Gasteiger partial charge in [0.2, 0.25) is 5.91 Å². The maximum absolute atomic E-state index is 13.5. The predicted molar refractivity (Wildman–Crippen MR) is 135 cm³/mol. The van der Waals surface area contributed by atoms with Crippen molar-refractivity contribution in [1.29, 1.82) is 0 Å². The van der Waals surface area contributed by atoms with Crippen LogP contribution in [0.5, 0.6) is 0 Å². The van der Waals surface area contributed by atoms with Crippen molar-refractivity contribution in [2.24, 2.45) is 0 Å². The van der Waals surface area contributed by atoms with Gasteiger partial charge in [-0.1, -0.05) is 29.3 Å². The number of halogens is 2. The van der Waals surface area contributed by atoms with E-state index < -0.39 is 6.04 Å². The molecule has 4 heterocycles. The monoisotopic (exact) mass is 545 g/mol. The number of carbonyl (C=O) groups excluding carboxylic acids is 4. The summed E-state index contributed by atoms with van der Waals surface area (Å²) in [6, 6.07) is 7.08. The van der Waals surface area contributed by atoms with Gasteiger partial charge in [0.1, 0.15) is 6.54 Å². The van der Waals surface area contributed by atoms with Gasteiger partial charge >= 0.3 is 6.03 Å². The van der Waals surface area contributed by atoms with Crippen molar-refractivity contribution in [2.75, 3.05) is 45.8 Å². The Kier molecular flexibility index (Phi) is 6.87. The van der Waals surface area contributed by atoms with E-state index in [1.54, 1.807) is 40.1 Å². The average Bonchev–Trinajstić information content (AvgIpc) is 3.52. The second-order valence-corrected chi connectivity index (χ2v) is 9.81. The molecule has 1 aromatic carbocycles. The number of nitrogens with one attached hydrogen (secondary N) is 1. The van der Waals surface area contributed by atoms with Gasteiger partial charge in [-0.2, -0.15) is 0 Å². The van der Waals surface area contributed by atoms with Crippen LogP contribution in [0.3, 0.4) is 0 Å². The van der Waals surface area contributed by atoms with Gasteiger partial charge in [-0.3, -0.25) is 19.3 Å². The van der Waals surface area contributed by atoms with Crippen molar-refractivity contribution in [3.05, 3.63) is 69.2 Å². The molecular weight excluding hydrogens is 521 g/mol. The smallest absolute Gasteiger partial charge is 0.322 e. The first-order valence-corrected chi connectivity index (χ1v) is 12.7. The fourth-order valence-electron chi connectivity index (χ4n) is 4.96. The maximum Gasteiger partial charge on any atom is 0.322 e. The zero-order chi connectivity index (χ0) is 26.3.